The van der Waals surface area contributed by atoms with Crippen LogP contribution in [-0.2, 0) is 4.74 Å². The molecule has 0 spiro atoms. The van der Waals surface area contributed by atoms with E-state index in [1.807, 2.05) is 0 Å². The van der Waals surface area contributed by atoms with Crippen LogP contribution in [0, 0.1) is 6.92 Å². The number of urea groups is 1. The van der Waals surface area contributed by atoms with Crippen molar-refractivity contribution in [3.8, 4) is 0 Å². The first-order chi connectivity index (χ1) is 9.99. The van der Waals surface area contributed by atoms with Crippen LogP contribution in [0.15, 0.2) is 18.2 Å². The third kappa shape index (κ3) is 3.72. The zero-order chi connectivity index (χ0) is 15.4. The number of likely N-dealkylation sites (N-methyl/N-ethyl adjacent to an activating group) is 1. The van der Waals surface area contributed by atoms with Crippen molar-refractivity contribution in [2.75, 3.05) is 25.5 Å². The Morgan fingerprint density at radius 2 is 2.24 bits per heavy atom. The molecule has 1 unspecified atom stereocenters. The normalized spacial score (nSPS) is 17.5. The lowest BCUT2D eigenvalue weighted by Crippen LogP contribution is -2.37. The highest BCUT2D eigenvalue weighted by Crippen LogP contribution is 2.20. The van der Waals surface area contributed by atoms with Crippen LogP contribution in [0.3, 0.4) is 0 Å². The Kier molecular flexibility index (Phi) is 4.80. The molecule has 0 aromatic heterocycles. The SMILES string of the molecule is Cc1c(NC(=O)N(C)CC2CCCO2)cccc1C(=O)O. The van der Waals surface area contributed by atoms with E-state index in [0.717, 1.165) is 19.4 Å². The summed E-state index contributed by atoms with van der Waals surface area (Å²) in [5.41, 5.74) is 1.25. The fraction of sp³-hybridized carbons (Fsp3) is 0.467. The predicted octanol–water partition coefficient (Wildman–Crippen LogP) is 2.34. The first-order valence-electron chi connectivity index (χ1n) is 6.95. The van der Waals surface area contributed by atoms with Crippen molar-refractivity contribution in [3.63, 3.8) is 0 Å². The second-order valence-electron chi connectivity index (χ2n) is 5.23. The van der Waals surface area contributed by atoms with Crippen LogP contribution >= 0.6 is 0 Å². The molecule has 1 aliphatic rings. The average molecular weight is 292 g/mol. The summed E-state index contributed by atoms with van der Waals surface area (Å²) in [4.78, 5) is 24.8. The molecule has 1 heterocycles. The summed E-state index contributed by atoms with van der Waals surface area (Å²) >= 11 is 0. The number of carbonyl (C=O) groups excluding carboxylic acids is 1. The number of carboxylic acids is 1. The molecular formula is C15H20N2O4. The number of aromatic carboxylic acids is 1. The van der Waals surface area contributed by atoms with Crippen LogP contribution in [0.2, 0.25) is 0 Å². The van der Waals surface area contributed by atoms with Gasteiger partial charge in [-0.2, -0.15) is 0 Å². The molecule has 114 valence electrons. The molecule has 1 aromatic carbocycles. The van der Waals surface area contributed by atoms with Gasteiger partial charge in [-0.25, -0.2) is 9.59 Å². The van der Waals surface area contributed by atoms with E-state index in [1.54, 1.807) is 31.0 Å². The Bertz CT molecular complexity index is 538. The first kappa shape index (κ1) is 15.3. The number of hydrogen-bond donors (Lipinski definition) is 2. The molecule has 0 aliphatic carbocycles. The molecule has 0 bridgehead atoms. The lowest BCUT2D eigenvalue weighted by molar-refractivity contribution is 0.0696. The second-order valence-corrected chi connectivity index (χ2v) is 5.23. The maximum atomic E-state index is 12.1. The van der Waals surface area contributed by atoms with Gasteiger partial charge in [-0.05, 0) is 37.5 Å². The molecule has 21 heavy (non-hydrogen) atoms. The zero-order valence-corrected chi connectivity index (χ0v) is 12.3. The van der Waals surface area contributed by atoms with Gasteiger partial charge in [0.1, 0.15) is 0 Å². The van der Waals surface area contributed by atoms with Crippen molar-refractivity contribution in [1.82, 2.24) is 4.90 Å². The Balaban J connectivity index is 2.01. The minimum absolute atomic E-state index is 0.0900. The smallest absolute Gasteiger partial charge is 0.336 e. The van der Waals surface area contributed by atoms with Crippen LogP contribution < -0.4 is 5.32 Å². The van der Waals surface area contributed by atoms with Crippen molar-refractivity contribution in [2.24, 2.45) is 0 Å². The number of ether oxygens (including phenoxy) is 1. The molecule has 1 saturated heterocycles. The van der Waals surface area contributed by atoms with E-state index < -0.39 is 5.97 Å². The maximum absolute atomic E-state index is 12.1. The number of hydrogen-bond acceptors (Lipinski definition) is 3. The number of carboxylic acid groups (broad SMARTS) is 1. The maximum Gasteiger partial charge on any atom is 0.336 e. The summed E-state index contributed by atoms with van der Waals surface area (Å²) in [6.07, 6.45) is 2.08. The summed E-state index contributed by atoms with van der Waals surface area (Å²) in [5, 5.41) is 11.8. The highest BCUT2D eigenvalue weighted by atomic mass is 16.5. The zero-order valence-electron chi connectivity index (χ0n) is 12.3. The number of benzene rings is 1. The van der Waals surface area contributed by atoms with Gasteiger partial charge in [-0.1, -0.05) is 6.07 Å². The summed E-state index contributed by atoms with van der Waals surface area (Å²) in [6, 6.07) is 4.56. The van der Waals surface area contributed by atoms with Gasteiger partial charge < -0.3 is 20.1 Å². The quantitative estimate of drug-likeness (QED) is 0.892. The van der Waals surface area contributed by atoms with Crippen LogP contribution in [0.5, 0.6) is 0 Å². The van der Waals surface area contributed by atoms with Crippen molar-refractivity contribution >= 4 is 17.7 Å². The topological polar surface area (TPSA) is 78.9 Å². The third-order valence-electron chi connectivity index (χ3n) is 3.65. The standard InChI is InChI=1S/C15H20N2O4/c1-10-12(14(18)19)6-3-7-13(10)16-15(20)17(2)9-11-5-4-8-21-11/h3,6-7,11H,4-5,8-9H2,1-2H3,(H,16,20)(H,18,19). The lowest BCUT2D eigenvalue weighted by Gasteiger charge is -2.22. The van der Waals surface area contributed by atoms with Crippen molar-refractivity contribution < 1.29 is 19.4 Å². The monoisotopic (exact) mass is 292 g/mol. The van der Waals surface area contributed by atoms with Gasteiger partial charge in [-0.3, -0.25) is 0 Å². The molecule has 1 fully saturated rings. The minimum atomic E-state index is -1.00. The molecule has 2 amide bonds. The van der Waals surface area contributed by atoms with E-state index in [1.165, 1.54) is 6.07 Å². The van der Waals surface area contributed by atoms with Crippen molar-refractivity contribution in [2.45, 2.75) is 25.9 Å². The number of amides is 2. The van der Waals surface area contributed by atoms with Crippen LogP contribution in [0.25, 0.3) is 0 Å². The van der Waals surface area contributed by atoms with Crippen LogP contribution in [0.4, 0.5) is 10.5 Å². The van der Waals surface area contributed by atoms with E-state index in [0.29, 0.717) is 17.8 Å². The molecule has 2 rings (SSSR count). The second kappa shape index (κ2) is 6.58. The summed E-state index contributed by atoms with van der Waals surface area (Å²) in [7, 11) is 1.70. The lowest BCUT2D eigenvalue weighted by atomic mass is 10.1. The van der Waals surface area contributed by atoms with Gasteiger partial charge in [-0.15, -0.1) is 0 Å². The van der Waals surface area contributed by atoms with Gasteiger partial charge in [0.15, 0.2) is 0 Å². The summed E-state index contributed by atoms with van der Waals surface area (Å²) < 4.78 is 5.50. The molecule has 6 heteroatoms. The van der Waals surface area contributed by atoms with Gasteiger partial charge in [0.05, 0.1) is 11.7 Å². The number of nitrogens with zero attached hydrogens (tertiary/aromatic N) is 1. The predicted molar refractivity (Wildman–Crippen MR) is 78.8 cm³/mol. The summed E-state index contributed by atoms with van der Waals surface area (Å²) in [5.74, 6) is -1.00. The molecule has 0 saturated carbocycles. The molecule has 1 aromatic rings. The van der Waals surface area contributed by atoms with Crippen molar-refractivity contribution in [1.29, 1.82) is 0 Å². The van der Waals surface area contributed by atoms with Crippen LogP contribution in [0.1, 0.15) is 28.8 Å². The van der Waals surface area contributed by atoms with E-state index >= 15 is 0 Å². The summed E-state index contributed by atoms with van der Waals surface area (Å²) in [6.45, 7) is 2.96. The first-order valence-corrected chi connectivity index (χ1v) is 6.95. The van der Waals surface area contributed by atoms with Gasteiger partial charge in [0.2, 0.25) is 0 Å². The van der Waals surface area contributed by atoms with Crippen LogP contribution in [-0.4, -0.2) is 48.3 Å². The molecule has 0 radical (unpaired) electrons. The average Bonchev–Trinajstić information content (AvgIpc) is 2.93. The highest BCUT2D eigenvalue weighted by Gasteiger charge is 2.20. The Hall–Kier alpha value is -2.08. The number of anilines is 1. The highest BCUT2D eigenvalue weighted by molar-refractivity contribution is 5.95. The van der Waals surface area contributed by atoms with E-state index in [9.17, 15) is 9.59 Å². The Morgan fingerprint density at radius 3 is 2.86 bits per heavy atom. The number of nitrogens with one attached hydrogen (secondary N) is 1. The van der Waals surface area contributed by atoms with Gasteiger partial charge in [0.25, 0.3) is 0 Å². The molecule has 1 aliphatic heterocycles. The molecular weight excluding hydrogens is 272 g/mol. The minimum Gasteiger partial charge on any atom is -0.478 e. The number of rotatable bonds is 4. The Labute approximate surface area is 123 Å². The largest absolute Gasteiger partial charge is 0.478 e. The van der Waals surface area contributed by atoms with Gasteiger partial charge >= 0.3 is 12.0 Å². The molecule has 1 atom stereocenters. The third-order valence-corrected chi connectivity index (χ3v) is 3.65. The molecule has 6 nitrogen and oxygen atoms in total. The van der Waals surface area contributed by atoms with Crippen molar-refractivity contribution in [3.05, 3.63) is 29.3 Å². The van der Waals surface area contributed by atoms with E-state index in [-0.39, 0.29) is 17.7 Å². The van der Waals surface area contributed by atoms with E-state index in [2.05, 4.69) is 5.32 Å². The van der Waals surface area contributed by atoms with Gasteiger partial charge in [0, 0.05) is 25.9 Å². The fourth-order valence-electron chi connectivity index (χ4n) is 2.39. The fourth-order valence-corrected chi connectivity index (χ4v) is 2.39. The molecule has 2 N–H and O–H groups in total. The number of carbonyl (C=O) groups is 2. The Morgan fingerprint density at radius 1 is 1.48 bits per heavy atom. The van der Waals surface area contributed by atoms with E-state index in [4.69, 9.17) is 9.84 Å².